The molecule has 2 aliphatic heterocycles. The van der Waals surface area contributed by atoms with Gasteiger partial charge in [0.2, 0.25) is 10.0 Å². The monoisotopic (exact) mass is 619 g/mol. The third kappa shape index (κ3) is 6.05. The maximum Gasteiger partial charge on any atom is 0.336 e. The number of amides is 2. The van der Waals surface area contributed by atoms with E-state index in [1.807, 2.05) is 0 Å². The fraction of sp³-hybridized carbons (Fsp3) is 0.226. The average Bonchev–Trinajstić information content (AvgIpc) is 3.29. The van der Waals surface area contributed by atoms with E-state index in [0.717, 1.165) is 0 Å². The van der Waals surface area contributed by atoms with Crippen molar-refractivity contribution >= 4 is 51.6 Å². The highest BCUT2D eigenvalue weighted by Gasteiger charge is 2.33. The van der Waals surface area contributed by atoms with E-state index in [4.69, 9.17) is 15.3 Å². The molecule has 0 unspecified atom stereocenters. The van der Waals surface area contributed by atoms with Crippen LogP contribution in [-0.2, 0) is 29.2 Å². The second-order valence-corrected chi connectivity index (χ2v) is 12.0. The highest BCUT2D eigenvalue weighted by atomic mass is 32.2. The number of nitrogens with zero attached hydrogens (tertiary/aromatic N) is 1. The minimum Gasteiger partial charge on any atom is -0.478 e. The number of anilines is 1. The van der Waals surface area contributed by atoms with Gasteiger partial charge in [-0.05, 0) is 47.9 Å². The van der Waals surface area contributed by atoms with E-state index in [-0.39, 0.29) is 47.7 Å². The van der Waals surface area contributed by atoms with Crippen LogP contribution < -0.4 is 25.6 Å². The van der Waals surface area contributed by atoms with Gasteiger partial charge in [-0.25, -0.2) is 22.7 Å². The lowest BCUT2D eigenvalue weighted by Crippen LogP contribution is -2.32. The topological polar surface area (TPSA) is 182 Å². The molecule has 13 heteroatoms. The van der Waals surface area contributed by atoms with Gasteiger partial charge < -0.3 is 20.4 Å². The molecule has 0 saturated carbocycles. The van der Waals surface area contributed by atoms with E-state index >= 15 is 0 Å². The van der Waals surface area contributed by atoms with E-state index < -0.39 is 33.8 Å². The Labute approximate surface area is 252 Å². The van der Waals surface area contributed by atoms with Crippen molar-refractivity contribution in [1.82, 2.24) is 9.79 Å². The molecule has 5 rings (SSSR count). The molecule has 0 aromatic heterocycles. The summed E-state index contributed by atoms with van der Waals surface area (Å²) in [5, 5.41) is 11.6. The summed E-state index contributed by atoms with van der Waals surface area (Å²) in [6, 6.07) is 14.6. The summed E-state index contributed by atoms with van der Waals surface area (Å²) in [6.45, 7) is 3.94. The van der Waals surface area contributed by atoms with Crippen molar-refractivity contribution in [2.24, 2.45) is 0 Å². The van der Waals surface area contributed by atoms with Crippen molar-refractivity contribution in [1.29, 1.82) is 0 Å². The molecule has 0 spiro atoms. The van der Waals surface area contributed by atoms with Gasteiger partial charge >= 0.3 is 11.9 Å². The zero-order valence-electron chi connectivity index (χ0n) is 23.5. The number of hydroxylamine groups is 2. The number of aromatic carboxylic acids is 1. The lowest BCUT2D eigenvalue weighted by Gasteiger charge is -2.25. The van der Waals surface area contributed by atoms with Crippen molar-refractivity contribution in [3.05, 3.63) is 81.7 Å². The summed E-state index contributed by atoms with van der Waals surface area (Å²) in [7, 11) is -4.23. The number of nitrogen functional groups attached to an aromatic ring is 1. The summed E-state index contributed by atoms with van der Waals surface area (Å²) >= 11 is 0. The second-order valence-electron chi connectivity index (χ2n) is 10.3. The summed E-state index contributed by atoms with van der Waals surface area (Å²) < 4.78 is 35.8. The van der Waals surface area contributed by atoms with Gasteiger partial charge in [-0.15, -0.1) is 5.06 Å². The predicted octanol–water partition coefficient (Wildman–Crippen LogP) is 2.18. The summed E-state index contributed by atoms with van der Waals surface area (Å²) in [5.74, 6) is -2.73. The Balaban J connectivity index is 1.36. The molecule has 1 fully saturated rings. The van der Waals surface area contributed by atoms with E-state index in [1.165, 1.54) is 12.1 Å². The number of carboxylic acid groups (broad SMARTS) is 1. The first kappa shape index (κ1) is 30.4. The van der Waals surface area contributed by atoms with Crippen LogP contribution in [0, 0.1) is 0 Å². The summed E-state index contributed by atoms with van der Waals surface area (Å²) in [6.07, 6.45) is 1.10. The molecule has 12 nitrogen and oxygen atoms in total. The quantitative estimate of drug-likeness (QED) is 0.128. The van der Waals surface area contributed by atoms with Crippen molar-refractivity contribution in [3.8, 4) is 11.5 Å². The number of unbranched alkanes of at least 4 members (excludes halogenated alkanes) is 2. The van der Waals surface area contributed by atoms with E-state index in [0.29, 0.717) is 57.2 Å². The van der Waals surface area contributed by atoms with Gasteiger partial charge in [0.15, 0.2) is 5.75 Å². The number of rotatable bonds is 11. The molecule has 2 aliphatic rings. The Bertz CT molecular complexity index is 1910. The molecule has 1 saturated heterocycles. The van der Waals surface area contributed by atoms with Crippen LogP contribution in [0.2, 0.25) is 0 Å². The van der Waals surface area contributed by atoms with Crippen LogP contribution in [0.3, 0.4) is 0 Å². The minimum atomic E-state index is -4.23. The molecule has 4 N–H and O–H groups in total. The summed E-state index contributed by atoms with van der Waals surface area (Å²) in [4.78, 5) is 51.8. The largest absolute Gasteiger partial charge is 0.478 e. The number of imide groups is 1. The first-order valence-electron chi connectivity index (χ1n) is 13.8. The van der Waals surface area contributed by atoms with Gasteiger partial charge in [-0.3, -0.25) is 9.59 Å². The molecule has 2 heterocycles. The third-order valence-electron chi connectivity index (χ3n) is 7.18. The number of benzene rings is 3. The number of carbonyl (C=O) groups is 4. The molecule has 2 amide bonds. The number of ether oxygens (including phenoxy) is 1. The second kappa shape index (κ2) is 12.3. The number of carbonyl (C=O) groups excluding carboxylic acids is 3. The fourth-order valence-corrected chi connectivity index (χ4v) is 6.43. The van der Waals surface area contributed by atoms with Crippen molar-refractivity contribution in [2.75, 3.05) is 12.3 Å². The van der Waals surface area contributed by atoms with Crippen molar-refractivity contribution in [2.45, 2.75) is 43.4 Å². The molecule has 0 bridgehead atoms. The number of fused-ring (bicyclic) bond motifs is 2. The molecule has 3 aromatic carbocycles. The Morgan fingerprint density at radius 1 is 1.00 bits per heavy atom. The van der Waals surface area contributed by atoms with E-state index in [1.54, 1.807) is 42.5 Å². The van der Waals surface area contributed by atoms with Crippen LogP contribution in [0.5, 0.6) is 11.5 Å². The Morgan fingerprint density at radius 3 is 2.45 bits per heavy atom. The van der Waals surface area contributed by atoms with Crippen LogP contribution in [0.1, 0.15) is 60.0 Å². The first-order chi connectivity index (χ1) is 21.0. The first-order valence-corrected chi connectivity index (χ1v) is 15.3. The lowest BCUT2D eigenvalue weighted by molar-refractivity contribution is -0.197. The minimum absolute atomic E-state index is 0.00473. The Hall–Kier alpha value is -5.01. The fourth-order valence-electron chi connectivity index (χ4n) is 5.10. The third-order valence-corrected chi connectivity index (χ3v) is 8.73. The number of hydrogen-bond donors (Lipinski definition) is 3. The molecule has 0 atom stereocenters. The van der Waals surface area contributed by atoms with Gasteiger partial charge in [0, 0.05) is 42.2 Å². The Kier molecular flexibility index (Phi) is 8.52. The van der Waals surface area contributed by atoms with Crippen LogP contribution >= 0.6 is 0 Å². The van der Waals surface area contributed by atoms with Crippen LogP contribution in [0.4, 0.5) is 5.69 Å². The SMILES string of the molecule is C=c1ccc2c(c1)Oc1c(ccc(N)c1S(=O)(=O)NCCCCCC(=O)ON1C(=O)CCC1=O)C=2c1ccccc1C(=O)O. The number of nitrogens with one attached hydrogen (secondary N) is 1. The van der Waals surface area contributed by atoms with Gasteiger partial charge in [-0.1, -0.05) is 43.3 Å². The molecule has 44 heavy (non-hydrogen) atoms. The summed E-state index contributed by atoms with van der Waals surface area (Å²) in [5.41, 5.74) is 7.36. The van der Waals surface area contributed by atoms with E-state index in [2.05, 4.69) is 11.3 Å². The zero-order valence-corrected chi connectivity index (χ0v) is 24.3. The van der Waals surface area contributed by atoms with Gasteiger partial charge in [-0.2, -0.15) is 0 Å². The number of sulfonamides is 1. The van der Waals surface area contributed by atoms with Gasteiger partial charge in [0.05, 0.1) is 11.3 Å². The predicted molar refractivity (Wildman–Crippen MR) is 158 cm³/mol. The maximum atomic E-state index is 13.6. The molecular weight excluding hydrogens is 590 g/mol. The number of nitrogens with two attached hydrogens (primary N) is 1. The normalized spacial score (nSPS) is 14.2. The molecule has 0 radical (unpaired) electrons. The number of carboxylic acids is 1. The molecule has 0 aliphatic carbocycles. The lowest BCUT2D eigenvalue weighted by atomic mass is 9.89. The van der Waals surface area contributed by atoms with Crippen LogP contribution in [0.15, 0.2) is 59.5 Å². The standard InChI is InChI=1S/C31H29N3O9S/c1-18-10-11-21-24(17-18)42-29-22(28(21)19-7-4-5-8-20(19)31(38)39)12-13-23(32)30(29)44(40,41)33-16-6-2-3-9-27(37)43-34-25(35)14-15-26(34)36/h4-5,7-8,10-13,17,33H,1-3,6,9,14-16,32H2,(H,38,39). The van der Waals surface area contributed by atoms with Crippen molar-refractivity contribution in [3.63, 3.8) is 0 Å². The highest BCUT2D eigenvalue weighted by molar-refractivity contribution is 7.89. The van der Waals surface area contributed by atoms with Gasteiger partial charge in [0.25, 0.3) is 11.8 Å². The van der Waals surface area contributed by atoms with E-state index in [9.17, 15) is 32.7 Å². The number of hydrogen-bond acceptors (Lipinski definition) is 9. The molecule has 3 aromatic rings. The Morgan fingerprint density at radius 2 is 1.73 bits per heavy atom. The highest BCUT2D eigenvalue weighted by Crippen LogP contribution is 2.43. The smallest absolute Gasteiger partial charge is 0.336 e. The maximum absolute atomic E-state index is 13.6. The van der Waals surface area contributed by atoms with Crippen molar-refractivity contribution < 1.29 is 42.3 Å². The molecule has 228 valence electrons. The molecular formula is C31H29N3O9S. The van der Waals surface area contributed by atoms with Crippen LogP contribution in [-0.4, -0.2) is 48.9 Å². The average molecular weight is 620 g/mol. The zero-order chi connectivity index (χ0) is 31.6. The van der Waals surface area contributed by atoms with Crippen LogP contribution in [0.25, 0.3) is 12.2 Å². The van der Waals surface area contributed by atoms with Gasteiger partial charge in [0.1, 0.15) is 10.6 Å².